The van der Waals surface area contributed by atoms with Crippen LogP contribution in [0.3, 0.4) is 0 Å². The van der Waals surface area contributed by atoms with E-state index in [4.69, 9.17) is 9.47 Å². The summed E-state index contributed by atoms with van der Waals surface area (Å²) in [7, 11) is 3.47. The molecule has 0 spiro atoms. The van der Waals surface area contributed by atoms with Crippen molar-refractivity contribution in [1.82, 2.24) is 15.2 Å². The number of rotatable bonds is 10. The van der Waals surface area contributed by atoms with Crippen molar-refractivity contribution in [2.75, 3.05) is 70.3 Å². The van der Waals surface area contributed by atoms with Crippen LogP contribution in [0, 0.1) is 0 Å². The molecule has 2 N–H and O–H groups in total. The molecule has 0 saturated carbocycles. The molecule has 32 heavy (non-hydrogen) atoms. The fraction of sp³-hybridized carbons (Fsp3) is 0.500. The predicted octanol–water partition coefficient (Wildman–Crippen LogP) is 2.83. The quantitative estimate of drug-likeness (QED) is 0.334. The molecular weight excluding hydrogens is 404 g/mol. The second-order valence-corrected chi connectivity index (χ2v) is 7.72. The van der Waals surface area contributed by atoms with E-state index in [0.717, 1.165) is 56.4 Å². The number of likely N-dealkylation sites (N-methyl/N-ethyl adjacent to an activating group) is 1. The van der Waals surface area contributed by atoms with Crippen LogP contribution in [0.25, 0.3) is 0 Å². The number of aromatic nitrogens is 1. The number of pyridine rings is 1. The van der Waals surface area contributed by atoms with Gasteiger partial charge < -0.3 is 29.9 Å². The first-order valence-electron chi connectivity index (χ1n) is 11.3. The third-order valence-electron chi connectivity index (χ3n) is 5.50. The van der Waals surface area contributed by atoms with E-state index in [2.05, 4.69) is 43.4 Å². The molecule has 0 atom stereocenters. The van der Waals surface area contributed by atoms with Crippen molar-refractivity contribution in [3.8, 4) is 5.75 Å². The van der Waals surface area contributed by atoms with Gasteiger partial charge in [-0.1, -0.05) is 13.0 Å². The maximum atomic E-state index is 5.78. The summed E-state index contributed by atoms with van der Waals surface area (Å²) in [6.45, 7) is 9.53. The molecule has 8 heteroatoms. The Labute approximate surface area is 191 Å². The Balaban J connectivity index is 1.51. The number of benzene rings is 1. The number of nitrogens with one attached hydrogen (secondary N) is 2. The zero-order valence-corrected chi connectivity index (χ0v) is 19.5. The molecule has 3 rings (SSSR count). The first-order chi connectivity index (χ1) is 15.7. The number of methoxy groups -OCH3 is 1. The highest BCUT2D eigenvalue weighted by atomic mass is 16.5. The summed E-state index contributed by atoms with van der Waals surface area (Å²) in [6, 6.07) is 12.1. The van der Waals surface area contributed by atoms with Gasteiger partial charge in [0.25, 0.3) is 0 Å². The SMILES string of the molecule is CCN1CCN(c2cc(CNC(=NC)Nc3cccc(OCCCOC)c3)ccn2)CC1. The number of hydrogen-bond acceptors (Lipinski definition) is 6. The number of guanidine groups is 1. The maximum Gasteiger partial charge on any atom is 0.195 e. The van der Waals surface area contributed by atoms with E-state index in [9.17, 15) is 0 Å². The van der Waals surface area contributed by atoms with Gasteiger partial charge in [-0.05, 0) is 36.4 Å². The fourth-order valence-corrected chi connectivity index (χ4v) is 3.60. The number of aliphatic imine (C=N–C) groups is 1. The molecule has 1 aliphatic heterocycles. The molecule has 1 saturated heterocycles. The average molecular weight is 441 g/mol. The van der Waals surface area contributed by atoms with Crippen molar-refractivity contribution in [1.29, 1.82) is 0 Å². The summed E-state index contributed by atoms with van der Waals surface area (Å²) < 4.78 is 10.8. The van der Waals surface area contributed by atoms with Crippen molar-refractivity contribution in [2.24, 2.45) is 4.99 Å². The summed E-state index contributed by atoms with van der Waals surface area (Å²) in [5.74, 6) is 2.57. The van der Waals surface area contributed by atoms with Gasteiger partial charge >= 0.3 is 0 Å². The molecule has 174 valence electrons. The van der Waals surface area contributed by atoms with Crippen molar-refractivity contribution in [2.45, 2.75) is 19.9 Å². The van der Waals surface area contributed by atoms with Crippen LogP contribution in [0.2, 0.25) is 0 Å². The van der Waals surface area contributed by atoms with E-state index in [0.29, 0.717) is 25.7 Å². The van der Waals surface area contributed by atoms with Crippen molar-refractivity contribution < 1.29 is 9.47 Å². The Kier molecular flexibility index (Phi) is 9.59. The minimum Gasteiger partial charge on any atom is -0.493 e. The van der Waals surface area contributed by atoms with Gasteiger partial charge in [-0.2, -0.15) is 0 Å². The Bertz CT molecular complexity index is 852. The molecule has 2 heterocycles. The lowest BCUT2D eigenvalue weighted by molar-refractivity contribution is 0.172. The number of nitrogens with zero attached hydrogens (tertiary/aromatic N) is 4. The van der Waals surface area contributed by atoms with E-state index in [-0.39, 0.29) is 0 Å². The van der Waals surface area contributed by atoms with Gasteiger partial charge in [0.2, 0.25) is 0 Å². The Hall–Kier alpha value is -2.84. The maximum absolute atomic E-state index is 5.78. The van der Waals surface area contributed by atoms with Crippen LogP contribution in [-0.2, 0) is 11.3 Å². The average Bonchev–Trinajstić information content (AvgIpc) is 2.85. The second-order valence-electron chi connectivity index (χ2n) is 7.72. The highest BCUT2D eigenvalue weighted by Gasteiger charge is 2.16. The van der Waals surface area contributed by atoms with Gasteiger partial charge in [0.15, 0.2) is 5.96 Å². The van der Waals surface area contributed by atoms with Crippen molar-refractivity contribution in [3.63, 3.8) is 0 Å². The molecular formula is C24H36N6O2. The lowest BCUT2D eigenvalue weighted by Crippen LogP contribution is -2.46. The van der Waals surface area contributed by atoms with Gasteiger partial charge in [-0.25, -0.2) is 4.98 Å². The molecule has 0 amide bonds. The highest BCUT2D eigenvalue weighted by molar-refractivity contribution is 5.93. The van der Waals surface area contributed by atoms with Crippen molar-refractivity contribution >= 4 is 17.5 Å². The zero-order chi connectivity index (χ0) is 22.6. The molecule has 1 aliphatic rings. The van der Waals surface area contributed by atoms with Gasteiger partial charge in [-0.3, -0.25) is 4.99 Å². The van der Waals surface area contributed by atoms with Crippen LogP contribution in [0.4, 0.5) is 11.5 Å². The van der Waals surface area contributed by atoms with E-state index >= 15 is 0 Å². The van der Waals surface area contributed by atoms with Crippen molar-refractivity contribution in [3.05, 3.63) is 48.2 Å². The lowest BCUT2D eigenvalue weighted by Gasteiger charge is -2.34. The molecule has 8 nitrogen and oxygen atoms in total. The third kappa shape index (κ3) is 7.39. The second kappa shape index (κ2) is 12.9. The van der Waals surface area contributed by atoms with Gasteiger partial charge in [0, 0.05) is 77.9 Å². The fourth-order valence-electron chi connectivity index (χ4n) is 3.60. The minimum absolute atomic E-state index is 0.627. The number of hydrogen-bond donors (Lipinski definition) is 2. The molecule has 0 unspecified atom stereocenters. The van der Waals surface area contributed by atoms with Crippen LogP contribution < -0.4 is 20.3 Å². The lowest BCUT2D eigenvalue weighted by atomic mass is 10.2. The minimum atomic E-state index is 0.627. The molecule has 0 aliphatic carbocycles. The van der Waals surface area contributed by atoms with Crippen LogP contribution in [0.1, 0.15) is 18.9 Å². The van der Waals surface area contributed by atoms with E-state index in [1.165, 1.54) is 5.56 Å². The van der Waals surface area contributed by atoms with Crippen LogP contribution in [0.5, 0.6) is 5.75 Å². The van der Waals surface area contributed by atoms with Crippen LogP contribution in [-0.4, -0.2) is 75.9 Å². The summed E-state index contributed by atoms with van der Waals surface area (Å²) >= 11 is 0. The predicted molar refractivity (Wildman–Crippen MR) is 131 cm³/mol. The molecule has 1 aromatic heterocycles. The number of ether oxygens (including phenoxy) is 2. The summed E-state index contributed by atoms with van der Waals surface area (Å²) in [6.07, 6.45) is 2.75. The Morgan fingerprint density at radius 1 is 1.12 bits per heavy atom. The third-order valence-corrected chi connectivity index (χ3v) is 5.50. The van der Waals surface area contributed by atoms with E-state index in [1.54, 1.807) is 14.2 Å². The first-order valence-corrected chi connectivity index (χ1v) is 11.3. The number of piperazine rings is 1. The van der Waals surface area contributed by atoms with Gasteiger partial charge in [0.05, 0.1) is 6.61 Å². The van der Waals surface area contributed by atoms with Gasteiger partial charge in [-0.15, -0.1) is 0 Å². The Morgan fingerprint density at radius 3 is 2.72 bits per heavy atom. The van der Waals surface area contributed by atoms with E-state index in [1.807, 2.05) is 36.5 Å². The molecule has 1 aromatic carbocycles. The smallest absolute Gasteiger partial charge is 0.195 e. The molecule has 0 radical (unpaired) electrons. The zero-order valence-electron chi connectivity index (χ0n) is 19.5. The first kappa shape index (κ1) is 23.8. The molecule has 2 aromatic rings. The summed E-state index contributed by atoms with van der Waals surface area (Å²) in [5.41, 5.74) is 2.10. The Morgan fingerprint density at radius 2 is 1.97 bits per heavy atom. The van der Waals surface area contributed by atoms with Crippen LogP contribution >= 0.6 is 0 Å². The summed E-state index contributed by atoms with van der Waals surface area (Å²) in [4.78, 5) is 13.8. The van der Waals surface area contributed by atoms with Crippen LogP contribution in [0.15, 0.2) is 47.6 Å². The highest BCUT2D eigenvalue weighted by Crippen LogP contribution is 2.18. The van der Waals surface area contributed by atoms with Gasteiger partial charge in [0.1, 0.15) is 11.6 Å². The van der Waals surface area contributed by atoms with E-state index < -0.39 is 0 Å². The molecule has 1 fully saturated rings. The molecule has 0 bridgehead atoms. The normalized spacial score (nSPS) is 15.0. The topological polar surface area (TPSA) is 74.2 Å². The summed E-state index contributed by atoms with van der Waals surface area (Å²) in [5, 5.41) is 6.72. The monoisotopic (exact) mass is 440 g/mol. The standard InChI is InChI=1S/C24H36N6O2/c1-4-29-11-13-30(14-12-29)23-17-20(9-10-26-23)19-27-24(25-2)28-21-7-5-8-22(18-21)32-16-6-15-31-3/h5,7-10,17-18H,4,6,11-16,19H2,1-3H3,(H2,25,27,28). The largest absolute Gasteiger partial charge is 0.493 e. The number of anilines is 2.